The summed E-state index contributed by atoms with van der Waals surface area (Å²) < 4.78 is 0. The number of aliphatic carboxylic acids is 1. The molecule has 0 heterocycles. The lowest BCUT2D eigenvalue weighted by Crippen LogP contribution is -2.29. The van der Waals surface area contributed by atoms with Gasteiger partial charge in [-0.3, -0.25) is 9.59 Å². The van der Waals surface area contributed by atoms with Crippen molar-refractivity contribution in [1.82, 2.24) is 5.32 Å². The molecule has 1 aromatic carbocycles. The number of anilines is 1. The predicted octanol–water partition coefficient (Wildman–Crippen LogP) is 1.74. The smallest absolute Gasteiger partial charge is 0.322 e. The predicted molar refractivity (Wildman–Crippen MR) is 74.6 cm³/mol. The summed E-state index contributed by atoms with van der Waals surface area (Å²) in [5.41, 5.74) is 1.51. The lowest BCUT2D eigenvalue weighted by atomic mass is 10.2. The zero-order chi connectivity index (χ0) is 14.3. The average molecular weight is 264 g/mol. The Balaban J connectivity index is 2.60. The number of unbranched alkanes of at least 4 members (excludes halogenated alkanes) is 1. The molecule has 0 saturated heterocycles. The number of hydrogen-bond donors (Lipinski definition) is 2. The van der Waals surface area contributed by atoms with Crippen molar-refractivity contribution >= 4 is 17.6 Å². The number of amides is 1. The Hall–Kier alpha value is -2.04. The second-order valence-corrected chi connectivity index (χ2v) is 4.40. The molecule has 0 aliphatic heterocycles. The first-order chi connectivity index (χ1) is 9.04. The van der Waals surface area contributed by atoms with Crippen molar-refractivity contribution in [1.29, 1.82) is 0 Å². The molecule has 0 bridgehead atoms. The van der Waals surface area contributed by atoms with Crippen molar-refractivity contribution < 1.29 is 14.7 Å². The summed E-state index contributed by atoms with van der Waals surface area (Å²) in [6.07, 6.45) is 2.26. The van der Waals surface area contributed by atoms with Crippen LogP contribution in [0.5, 0.6) is 0 Å². The van der Waals surface area contributed by atoms with E-state index in [-0.39, 0.29) is 12.5 Å². The fourth-order valence-corrected chi connectivity index (χ4v) is 1.65. The average Bonchev–Trinajstić information content (AvgIpc) is 2.42. The van der Waals surface area contributed by atoms with Crippen LogP contribution < -0.4 is 10.2 Å². The number of carbonyl (C=O) groups excluding carboxylic acids is 1. The molecule has 0 aromatic heterocycles. The van der Waals surface area contributed by atoms with E-state index in [2.05, 4.69) is 17.1 Å². The van der Waals surface area contributed by atoms with E-state index < -0.39 is 5.97 Å². The summed E-state index contributed by atoms with van der Waals surface area (Å²) in [5, 5.41) is 10.8. The second kappa shape index (κ2) is 7.41. The van der Waals surface area contributed by atoms with Crippen LogP contribution in [0.4, 0.5) is 5.69 Å². The van der Waals surface area contributed by atoms with Gasteiger partial charge in [-0.25, -0.2) is 0 Å². The summed E-state index contributed by atoms with van der Waals surface area (Å²) in [4.78, 5) is 24.1. The number of hydrogen-bond acceptors (Lipinski definition) is 3. The van der Waals surface area contributed by atoms with Crippen molar-refractivity contribution in [2.75, 3.05) is 25.0 Å². The van der Waals surface area contributed by atoms with Crippen LogP contribution in [0.3, 0.4) is 0 Å². The van der Waals surface area contributed by atoms with Crippen molar-refractivity contribution in [2.24, 2.45) is 0 Å². The topological polar surface area (TPSA) is 69.6 Å². The minimum atomic E-state index is -1.05. The van der Waals surface area contributed by atoms with E-state index >= 15 is 0 Å². The van der Waals surface area contributed by atoms with E-state index in [1.807, 2.05) is 19.2 Å². The minimum Gasteiger partial charge on any atom is -0.480 e. The Kier molecular flexibility index (Phi) is 5.85. The van der Waals surface area contributed by atoms with Crippen LogP contribution in [0.1, 0.15) is 30.1 Å². The minimum absolute atomic E-state index is 0.364. The lowest BCUT2D eigenvalue weighted by Gasteiger charge is -2.19. The maximum atomic E-state index is 11.6. The molecule has 1 amide bonds. The van der Waals surface area contributed by atoms with Gasteiger partial charge >= 0.3 is 5.97 Å². The van der Waals surface area contributed by atoms with Crippen LogP contribution in [0, 0.1) is 0 Å². The first kappa shape index (κ1) is 15.0. The summed E-state index contributed by atoms with van der Waals surface area (Å²) in [5.74, 6) is -1.42. The fourth-order valence-electron chi connectivity index (χ4n) is 1.65. The number of nitrogens with one attached hydrogen (secondary N) is 1. The van der Waals surface area contributed by atoms with Gasteiger partial charge in [0.25, 0.3) is 5.91 Å². The highest BCUT2D eigenvalue weighted by Crippen LogP contribution is 2.14. The standard InChI is InChI=1S/C14H20N2O3/c1-3-4-9-16(2)12-7-5-11(6-8-12)14(19)15-10-13(17)18/h5-8H,3-4,9-10H2,1-2H3,(H,15,19)(H,17,18). The van der Waals surface area contributed by atoms with E-state index in [9.17, 15) is 9.59 Å². The number of rotatable bonds is 7. The van der Waals surface area contributed by atoms with Gasteiger partial charge in [-0.1, -0.05) is 13.3 Å². The molecule has 1 aromatic rings. The maximum Gasteiger partial charge on any atom is 0.322 e. The molecular formula is C14H20N2O3. The van der Waals surface area contributed by atoms with Crippen molar-refractivity contribution in [3.8, 4) is 0 Å². The van der Waals surface area contributed by atoms with Gasteiger partial charge < -0.3 is 15.3 Å². The monoisotopic (exact) mass is 264 g/mol. The zero-order valence-corrected chi connectivity index (χ0v) is 11.3. The SMILES string of the molecule is CCCCN(C)c1ccc(C(=O)NCC(=O)O)cc1. The Morgan fingerprint density at radius 1 is 1.26 bits per heavy atom. The zero-order valence-electron chi connectivity index (χ0n) is 11.3. The van der Waals surface area contributed by atoms with Gasteiger partial charge in [-0.2, -0.15) is 0 Å². The Bertz CT molecular complexity index is 429. The van der Waals surface area contributed by atoms with Gasteiger partial charge in [0.05, 0.1) is 0 Å². The molecule has 5 heteroatoms. The highest BCUT2D eigenvalue weighted by molar-refractivity contribution is 5.96. The van der Waals surface area contributed by atoms with E-state index in [1.165, 1.54) is 0 Å². The van der Waals surface area contributed by atoms with Gasteiger partial charge in [-0.05, 0) is 30.7 Å². The maximum absolute atomic E-state index is 11.6. The van der Waals surface area contributed by atoms with Crippen LogP contribution in [0.2, 0.25) is 0 Å². The largest absolute Gasteiger partial charge is 0.480 e. The molecule has 0 aliphatic carbocycles. The van der Waals surface area contributed by atoms with E-state index in [0.29, 0.717) is 5.56 Å². The number of benzene rings is 1. The second-order valence-electron chi connectivity index (χ2n) is 4.40. The highest BCUT2D eigenvalue weighted by atomic mass is 16.4. The first-order valence-electron chi connectivity index (χ1n) is 6.35. The number of carbonyl (C=O) groups is 2. The Morgan fingerprint density at radius 2 is 1.89 bits per heavy atom. The molecule has 104 valence electrons. The third-order valence-corrected chi connectivity index (χ3v) is 2.82. The van der Waals surface area contributed by atoms with Gasteiger partial charge in [0.2, 0.25) is 0 Å². The molecule has 0 radical (unpaired) electrons. The molecular weight excluding hydrogens is 244 g/mol. The summed E-state index contributed by atoms with van der Waals surface area (Å²) in [6.45, 7) is 2.75. The van der Waals surface area contributed by atoms with Crippen molar-refractivity contribution in [2.45, 2.75) is 19.8 Å². The Morgan fingerprint density at radius 3 is 2.42 bits per heavy atom. The van der Waals surface area contributed by atoms with Crippen LogP contribution >= 0.6 is 0 Å². The van der Waals surface area contributed by atoms with E-state index in [1.54, 1.807) is 12.1 Å². The number of carboxylic acids is 1. The third kappa shape index (κ3) is 4.99. The first-order valence-corrected chi connectivity index (χ1v) is 6.35. The van der Waals surface area contributed by atoms with Crippen molar-refractivity contribution in [3.05, 3.63) is 29.8 Å². The van der Waals surface area contributed by atoms with Crippen LogP contribution in [-0.4, -0.2) is 37.1 Å². The molecule has 19 heavy (non-hydrogen) atoms. The Labute approximate surface area is 113 Å². The molecule has 1 rings (SSSR count). The van der Waals surface area contributed by atoms with E-state index in [4.69, 9.17) is 5.11 Å². The van der Waals surface area contributed by atoms with Crippen LogP contribution in [0.25, 0.3) is 0 Å². The lowest BCUT2D eigenvalue weighted by molar-refractivity contribution is -0.135. The van der Waals surface area contributed by atoms with Gasteiger partial charge in [0.1, 0.15) is 6.54 Å². The fraction of sp³-hybridized carbons (Fsp3) is 0.429. The molecule has 0 spiro atoms. The normalized spacial score (nSPS) is 10.0. The summed E-state index contributed by atoms with van der Waals surface area (Å²) >= 11 is 0. The van der Waals surface area contributed by atoms with E-state index in [0.717, 1.165) is 25.1 Å². The number of carboxylic acid groups (broad SMARTS) is 1. The molecule has 0 fully saturated rings. The van der Waals surface area contributed by atoms with Crippen LogP contribution in [0.15, 0.2) is 24.3 Å². The molecule has 0 saturated carbocycles. The molecule has 2 N–H and O–H groups in total. The molecule has 0 unspecified atom stereocenters. The van der Waals surface area contributed by atoms with Gasteiger partial charge in [0, 0.05) is 24.8 Å². The van der Waals surface area contributed by atoms with Crippen molar-refractivity contribution in [3.63, 3.8) is 0 Å². The van der Waals surface area contributed by atoms with Gasteiger partial charge in [0.15, 0.2) is 0 Å². The summed E-state index contributed by atoms with van der Waals surface area (Å²) in [6, 6.07) is 7.14. The third-order valence-electron chi connectivity index (χ3n) is 2.82. The molecule has 5 nitrogen and oxygen atoms in total. The highest BCUT2D eigenvalue weighted by Gasteiger charge is 2.07. The summed E-state index contributed by atoms with van der Waals surface area (Å²) in [7, 11) is 2.01. The molecule has 0 atom stereocenters. The van der Waals surface area contributed by atoms with Gasteiger partial charge in [-0.15, -0.1) is 0 Å². The quantitative estimate of drug-likeness (QED) is 0.787. The van der Waals surface area contributed by atoms with Crippen LogP contribution in [-0.2, 0) is 4.79 Å². The molecule has 0 aliphatic rings. The number of nitrogens with zero attached hydrogens (tertiary/aromatic N) is 1.